The first kappa shape index (κ1) is 24.2. The van der Waals surface area contributed by atoms with E-state index in [2.05, 4.69) is 56.5 Å². The number of aliphatic imine (C=N–C) groups is 1. The summed E-state index contributed by atoms with van der Waals surface area (Å²) in [6.07, 6.45) is 2.50. The van der Waals surface area contributed by atoms with Crippen LogP contribution in [0.25, 0.3) is 0 Å². The van der Waals surface area contributed by atoms with Gasteiger partial charge in [-0.25, -0.2) is 0 Å². The molecular formula is C22H29F2IN4O. The molecule has 0 aliphatic carbocycles. The van der Waals surface area contributed by atoms with Gasteiger partial charge in [-0.15, -0.1) is 24.0 Å². The van der Waals surface area contributed by atoms with E-state index in [1.807, 2.05) is 6.07 Å². The van der Waals surface area contributed by atoms with Crippen LogP contribution in [-0.2, 0) is 6.54 Å². The van der Waals surface area contributed by atoms with Crippen molar-refractivity contribution in [1.29, 1.82) is 0 Å². The van der Waals surface area contributed by atoms with Gasteiger partial charge >= 0.3 is 6.61 Å². The second-order valence-corrected chi connectivity index (χ2v) is 7.11. The number of benzene rings is 2. The molecule has 2 N–H and O–H groups in total. The van der Waals surface area contributed by atoms with Crippen molar-refractivity contribution in [2.75, 3.05) is 25.0 Å². The number of nitrogens with zero attached hydrogens (tertiary/aromatic N) is 2. The van der Waals surface area contributed by atoms with Gasteiger partial charge in [0.1, 0.15) is 5.75 Å². The number of anilines is 1. The first-order chi connectivity index (χ1) is 14.0. The van der Waals surface area contributed by atoms with Crippen LogP contribution in [0.3, 0.4) is 0 Å². The molecule has 164 valence electrons. The van der Waals surface area contributed by atoms with E-state index in [4.69, 9.17) is 0 Å². The summed E-state index contributed by atoms with van der Waals surface area (Å²) in [5.74, 6) is 0.790. The predicted octanol–water partition coefficient (Wildman–Crippen LogP) is 4.93. The van der Waals surface area contributed by atoms with Crippen LogP contribution in [0.1, 0.15) is 36.9 Å². The molecule has 1 heterocycles. The average molecular weight is 530 g/mol. The molecule has 2 aromatic rings. The number of alkyl halides is 2. The molecule has 0 radical (unpaired) electrons. The number of halogens is 3. The summed E-state index contributed by atoms with van der Waals surface area (Å²) in [5.41, 5.74) is 3.27. The van der Waals surface area contributed by atoms with Crippen molar-refractivity contribution in [2.45, 2.75) is 39.0 Å². The molecule has 2 aromatic carbocycles. The molecule has 1 aliphatic heterocycles. The summed E-state index contributed by atoms with van der Waals surface area (Å²) in [6.45, 7) is 1.93. The summed E-state index contributed by atoms with van der Waals surface area (Å²) in [7, 11) is 1.71. The zero-order valence-electron chi connectivity index (χ0n) is 17.3. The normalized spacial score (nSPS) is 15.0. The monoisotopic (exact) mass is 530 g/mol. The maximum atomic E-state index is 12.4. The molecule has 1 saturated heterocycles. The molecule has 1 atom stereocenters. The maximum absolute atomic E-state index is 12.4. The standard InChI is InChI=1S/C22H28F2N4O.HI/c1-16(18-8-6-9-19(14-18)28-11-3-4-12-28)27-22(25-2)26-15-17-7-5-10-20(13-17)29-21(23)24;/h5-10,13-14,16,21H,3-4,11-12,15H2,1-2H3,(H2,25,26,27);1H. The lowest BCUT2D eigenvalue weighted by atomic mass is 10.1. The number of ether oxygens (including phenoxy) is 1. The summed E-state index contributed by atoms with van der Waals surface area (Å²) < 4.78 is 29.2. The summed E-state index contributed by atoms with van der Waals surface area (Å²) in [6, 6.07) is 15.3. The molecule has 0 amide bonds. The van der Waals surface area contributed by atoms with Crippen LogP contribution in [0.15, 0.2) is 53.5 Å². The molecule has 8 heteroatoms. The second-order valence-electron chi connectivity index (χ2n) is 7.11. The van der Waals surface area contributed by atoms with Gasteiger partial charge in [-0.2, -0.15) is 8.78 Å². The van der Waals surface area contributed by atoms with Gasteiger partial charge in [0.15, 0.2) is 5.96 Å². The lowest BCUT2D eigenvalue weighted by Crippen LogP contribution is -2.38. The number of rotatable bonds is 7. The van der Waals surface area contributed by atoms with Gasteiger partial charge in [-0.1, -0.05) is 24.3 Å². The quantitative estimate of drug-likeness (QED) is 0.303. The molecule has 3 rings (SSSR count). The van der Waals surface area contributed by atoms with Crippen molar-refractivity contribution in [3.63, 3.8) is 0 Å². The van der Waals surface area contributed by atoms with E-state index < -0.39 is 6.61 Å². The van der Waals surface area contributed by atoms with Crippen molar-refractivity contribution in [1.82, 2.24) is 10.6 Å². The molecule has 1 fully saturated rings. The molecule has 5 nitrogen and oxygen atoms in total. The average Bonchev–Trinajstić information content (AvgIpc) is 3.26. The SMILES string of the molecule is CN=C(NCc1cccc(OC(F)F)c1)NC(C)c1cccc(N2CCCC2)c1.I. The smallest absolute Gasteiger partial charge is 0.387 e. The van der Waals surface area contributed by atoms with Crippen molar-refractivity contribution < 1.29 is 13.5 Å². The van der Waals surface area contributed by atoms with Gasteiger partial charge in [-0.05, 0) is 55.2 Å². The fourth-order valence-corrected chi connectivity index (χ4v) is 3.47. The Balaban J connectivity index is 0.00000320. The van der Waals surface area contributed by atoms with Crippen LogP contribution in [-0.4, -0.2) is 32.7 Å². The fraction of sp³-hybridized carbons (Fsp3) is 0.409. The van der Waals surface area contributed by atoms with E-state index >= 15 is 0 Å². The van der Waals surface area contributed by atoms with Gasteiger partial charge < -0.3 is 20.3 Å². The molecule has 30 heavy (non-hydrogen) atoms. The topological polar surface area (TPSA) is 48.9 Å². The molecule has 1 unspecified atom stereocenters. The number of hydrogen-bond acceptors (Lipinski definition) is 3. The molecular weight excluding hydrogens is 501 g/mol. The maximum Gasteiger partial charge on any atom is 0.387 e. The van der Waals surface area contributed by atoms with Gasteiger partial charge in [-0.3, -0.25) is 4.99 Å². The zero-order chi connectivity index (χ0) is 20.6. The van der Waals surface area contributed by atoms with Crippen LogP contribution in [0.2, 0.25) is 0 Å². The minimum absolute atomic E-state index is 0. The first-order valence-electron chi connectivity index (χ1n) is 9.91. The Labute approximate surface area is 193 Å². The Morgan fingerprint density at radius 2 is 1.87 bits per heavy atom. The first-order valence-corrected chi connectivity index (χ1v) is 9.91. The third kappa shape index (κ3) is 7.00. The van der Waals surface area contributed by atoms with Crippen LogP contribution in [0, 0.1) is 0 Å². The molecule has 1 aliphatic rings. The highest BCUT2D eigenvalue weighted by atomic mass is 127. The highest BCUT2D eigenvalue weighted by Gasteiger charge is 2.14. The Kier molecular flexibility index (Phi) is 9.61. The van der Waals surface area contributed by atoms with E-state index in [0.29, 0.717) is 12.5 Å². The van der Waals surface area contributed by atoms with Crippen molar-refractivity contribution in [2.24, 2.45) is 4.99 Å². The summed E-state index contributed by atoms with van der Waals surface area (Å²) in [4.78, 5) is 6.69. The third-order valence-corrected chi connectivity index (χ3v) is 5.00. The Bertz CT molecular complexity index is 828. The highest BCUT2D eigenvalue weighted by molar-refractivity contribution is 14.0. The zero-order valence-corrected chi connectivity index (χ0v) is 19.6. The molecule has 0 aromatic heterocycles. The predicted molar refractivity (Wildman–Crippen MR) is 128 cm³/mol. The third-order valence-electron chi connectivity index (χ3n) is 5.00. The lowest BCUT2D eigenvalue weighted by molar-refractivity contribution is -0.0498. The molecule has 0 saturated carbocycles. The fourth-order valence-electron chi connectivity index (χ4n) is 3.47. The van der Waals surface area contributed by atoms with Crippen molar-refractivity contribution in [3.05, 3.63) is 59.7 Å². The van der Waals surface area contributed by atoms with E-state index in [9.17, 15) is 8.78 Å². The van der Waals surface area contributed by atoms with Crippen LogP contribution in [0.4, 0.5) is 14.5 Å². The number of guanidine groups is 1. The molecule has 0 bridgehead atoms. The van der Waals surface area contributed by atoms with E-state index in [0.717, 1.165) is 18.7 Å². The largest absolute Gasteiger partial charge is 0.435 e. The van der Waals surface area contributed by atoms with Crippen LogP contribution < -0.4 is 20.3 Å². The van der Waals surface area contributed by atoms with Gasteiger partial charge in [0.2, 0.25) is 0 Å². The molecule has 0 spiro atoms. The summed E-state index contributed by atoms with van der Waals surface area (Å²) in [5, 5.41) is 6.61. The van der Waals surface area contributed by atoms with Crippen LogP contribution in [0.5, 0.6) is 5.75 Å². The Morgan fingerprint density at radius 3 is 2.57 bits per heavy atom. The van der Waals surface area contributed by atoms with Crippen molar-refractivity contribution in [3.8, 4) is 5.75 Å². The van der Waals surface area contributed by atoms with Gasteiger partial charge in [0.05, 0.1) is 6.04 Å². The Hall–Kier alpha value is -2.10. The minimum Gasteiger partial charge on any atom is -0.435 e. The second kappa shape index (κ2) is 11.9. The Morgan fingerprint density at radius 1 is 1.13 bits per heavy atom. The summed E-state index contributed by atoms with van der Waals surface area (Å²) >= 11 is 0. The minimum atomic E-state index is -2.83. The number of nitrogens with one attached hydrogen (secondary N) is 2. The van der Waals surface area contributed by atoms with E-state index in [-0.39, 0.29) is 35.8 Å². The van der Waals surface area contributed by atoms with Gasteiger partial charge in [0, 0.05) is 32.4 Å². The van der Waals surface area contributed by atoms with E-state index in [1.54, 1.807) is 19.2 Å². The van der Waals surface area contributed by atoms with Crippen LogP contribution >= 0.6 is 24.0 Å². The lowest BCUT2D eigenvalue weighted by Gasteiger charge is -2.22. The van der Waals surface area contributed by atoms with E-state index in [1.165, 1.54) is 30.2 Å². The van der Waals surface area contributed by atoms with Gasteiger partial charge in [0.25, 0.3) is 0 Å². The highest BCUT2D eigenvalue weighted by Crippen LogP contribution is 2.24. The van der Waals surface area contributed by atoms with Crippen molar-refractivity contribution >= 4 is 35.6 Å². The number of hydrogen-bond donors (Lipinski definition) is 2.